The Kier molecular flexibility index (Phi) is 3.81. The standard InChI is InChI=1S/C17H23N3O2/c1-17(2,3)22-16(21)20-10-6-7-12(11-20)15-18-13-8-4-5-9-14(13)19-15/h4-5,8-9,12H,6-7,10-11H2,1-3H3,(H,18,19). The number of piperidine rings is 1. The summed E-state index contributed by atoms with van der Waals surface area (Å²) < 4.78 is 5.48. The lowest BCUT2D eigenvalue weighted by Gasteiger charge is -2.33. The number of benzene rings is 1. The van der Waals surface area contributed by atoms with Gasteiger partial charge in [-0.15, -0.1) is 0 Å². The number of rotatable bonds is 1. The van der Waals surface area contributed by atoms with Crippen LogP contribution in [0, 0.1) is 0 Å². The van der Waals surface area contributed by atoms with E-state index < -0.39 is 5.60 Å². The van der Waals surface area contributed by atoms with Crippen LogP contribution >= 0.6 is 0 Å². The average molecular weight is 301 g/mol. The molecule has 1 amide bonds. The predicted molar refractivity (Wildman–Crippen MR) is 85.9 cm³/mol. The highest BCUT2D eigenvalue weighted by atomic mass is 16.6. The van der Waals surface area contributed by atoms with Crippen molar-refractivity contribution in [2.45, 2.75) is 45.1 Å². The molecule has 22 heavy (non-hydrogen) atoms. The summed E-state index contributed by atoms with van der Waals surface area (Å²) in [6, 6.07) is 8.02. The molecule has 2 aromatic rings. The lowest BCUT2D eigenvalue weighted by Crippen LogP contribution is -2.42. The average Bonchev–Trinajstić information content (AvgIpc) is 2.89. The van der Waals surface area contributed by atoms with Gasteiger partial charge in [0.25, 0.3) is 0 Å². The van der Waals surface area contributed by atoms with Gasteiger partial charge >= 0.3 is 6.09 Å². The third-order valence-corrected chi connectivity index (χ3v) is 3.87. The molecular formula is C17H23N3O2. The van der Waals surface area contributed by atoms with Crippen LogP contribution in [0.5, 0.6) is 0 Å². The summed E-state index contributed by atoms with van der Waals surface area (Å²) in [6.07, 6.45) is 1.79. The second-order valence-corrected chi connectivity index (χ2v) is 6.90. The Morgan fingerprint density at radius 3 is 2.86 bits per heavy atom. The minimum absolute atomic E-state index is 0.228. The number of aromatic nitrogens is 2. The number of ether oxygens (including phenoxy) is 1. The molecule has 1 aromatic heterocycles. The molecule has 5 nitrogen and oxygen atoms in total. The zero-order chi connectivity index (χ0) is 15.7. The normalized spacial score (nSPS) is 19.4. The molecule has 1 fully saturated rings. The Labute approximate surface area is 130 Å². The van der Waals surface area contributed by atoms with Crippen molar-refractivity contribution in [3.63, 3.8) is 0 Å². The molecule has 1 unspecified atom stereocenters. The molecule has 1 atom stereocenters. The number of hydrogen-bond donors (Lipinski definition) is 1. The fourth-order valence-corrected chi connectivity index (χ4v) is 2.86. The number of imidazole rings is 1. The molecule has 0 spiro atoms. The van der Waals surface area contributed by atoms with Gasteiger partial charge in [-0.3, -0.25) is 0 Å². The predicted octanol–water partition coefficient (Wildman–Crippen LogP) is 3.68. The largest absolute Gasteiger partial charge is 0.444 e. The molecule has 1 N–H and O–H groups in total. The second kappa shape index (κ2) is 5.63. The Morgan fingerprint density at radius 2 is 2.14 bits per heavy atom. The molecule has 3 rings (SSSR count). The molecule has 1 aliphatic rings. The number of aromatic amines is 1. The quantitative estimate of drug-likeness (QED) is 0.874. The van der Waals surface area contributed by atoms with E-state index >= 15 is 0 Å². The van der Waals surface area contributed by atoms with Crippen LogP contribution < -0.4 is 0 Å². The molecule has 2 heterocycles. The van der Waals surface area contributed by atoms with Gasteiger partial charge in [0.1, 0.15) is 11.4 Å². The number of likely N-dealkylation sites (tertiary alicyclic amines) is 1. The van der Waals surface area contributed by atoms with E-state index in [0.717, 1.165) is 36.2 Å². The number of H-pyrrole nitrogens is 1. The maximum atomic E-state index is 12.2. The number of carbonyl (C=O) groups is 1. The van der Waals surface area contributed by atoms with Crippen molar-refractivity contribution in [1.29, 1.82) is 0 Å². The van der Waals surface area contributed by atoms with Crippen molar-refractivity contribution in [3.8, 4) is 0 Å². The highest BCUT2D eigenvalue weighted by Gasteiger charge is 2.29. The molecule has 5 heteroatoms. The minimum Gasteiger partial charge on any atom is -0.444 e. The SMILES string of the molecule is CC(C)(C)OC(=O)N1CCCC(c2nc3ccccc3[nH]2)C1. The van der Waals surface area contributed by atoms with E-state index in [2.05, 4.69) is 9.97 Å². The first-order valence-electron chi connectivity index (χ1n) is 7.85. The van der Waals surface area contributed by atoms with Gasteiger partial charge in [0.05, 0.1) is 11.0 Å². The van der Waals surface area contributed by atoms with Crippen LogP contribution in [0.3, 0.4) is 0 Å². The summed E-state index contributed by atoms with van der Waals surface area (Å²) >= 11 is 0. The Hall–Kier alpha value is -2.04. The molecular weight excluding hydrogens is 278 g/mol. The number of fused-ring (bicyclic) bond motifs is 1. The van der Waals surface area contributed by atoms with E-state index in [0.29, 0.717) is 6.54 Å². The van der Waals surface area contributed by atoms with Gasteiger partial charge in [-0.1, -0.05) is 12.1 Å². The van der Waals surface area contributed by atoms with Crippen molar-refractivity contribution in [1.82, 2.24) is 14.9 Å². The first-order valence-corrected chi connectivity index (χ1v) is 7.85. The number of hydrogen-bond acceptors (Lipinski definition) is 3. The molecule has 0 saturated carbocycles. The monoisotopic (exact) mass is 301 g/mol. The molecule has 0 radical (unpaired) electrons. The fourth-order valence-electron chi connectivity index (χ4n) is 2.86. The molecule has 0 aliphatic carbocycles. The lowest BCUT2D eigenvalue weighted by atomic mass is 9.98. The van der Waals surface area contributed by atoms with Crippen molar-refractivity contribution in [3.05, 3.63) is 30.1 Å². The molecule has 1 aliphatic heterocycles. The van der Waals surface area contributed by atoms with Gasteiger partial charge in [0, 0.05) is 19.0 Å². The Bertz CT molecular complexity index is 639. The third-order valence-electron chi connectivity index (χ3n) is 3.87. The number of carbonyl (C=O) groups excluding carboxylic acids is 1. The van der Waals surface area contributed by atoms with E-state index in [9.17, 15) is 4.79 Å². The van der Waals surface area contributed by atoms with Crippen molar-refractivity contribution >= 4 is 17.1 Å². The van der Waals surface area contributed by atoms with Crippen molar-refractivity contribution < 1.29 is 9.53 Å². The molecule has 1 aromatic carbocycles. The zero-order valence-electron chi connectivity index (χ0n) is 13.4. The Balaban J connectivity index is 1.74. The Morgan fingerprint density at radius 1 is 1.36 bits per heavy atom. The van der Waals surface area contributed by atoms with Gasteiger partial charge in [-0.05, 0) is 45.7 Å². The van der Waals surface area contributed by atoms with E-state index in [1.165, 1.54) is 0 Å². The maximum absolute atomic E-state index is 12.2. The summed E-state index contributed by atoms with van der Waals surface area (Å²) in [5, 5.41) is 0. The van der Waals surface area contributed by atoms with Gasteiger partial charge in [0.15, 0.2) is 0 Å². The van der Waals surface area contributed by atoms with Gasteiger partial charge < -0.3 is 14.6 Å². The molecule has 0 bridgehead atoms. The van der Waals surface area contributed by atoms with E-state index in [1.54, 1.807) is 4.90 Å². The summed E-state index contributed by atoms with van der Waals surface area (Å²) in [4.78, 5) is 22.1. The van der Waals surface area contributed by atoms with Gasteiger partial charge in [0.2, 0.25) is 0 Å². The summed E-state index contributed by atoms with van der Waals surface area (Å²) in [5.41, 5.74) is 1.57. The van der Waals surface area contributed by atoms with Crippen molar-refractivity contribution in [2.75, 3.05) is 13.1 Å². The number of amides is 1. The summed E-state index contributed by atoms with van der Waals surface area (Å²) in [6.45, 7) is 7.10. The van der Waals surface area contributed by atoms with E-state index in [4.69, 9.17) is 4.74 Å². The molecule has 1 saturated heterocycles. The third kappa shape index (κ3) is 3.24. The highest BCUT2D eigenvalue weighted by Crippen LogP contribution is 2.27. The summed E-state index contributed by atoms with van der Waals surface area (Å²) in [5.74, 6) is 1.21. The van der Waals surface area contributed by atoms with Crippen LogP contribution in [-0.2, 0) is 4.74 Å². The van der Waals surface area contributed by atoms with Crippen LogP contribution in [0.4, 0.5) is 4.79 Å². The smallest absolute Gasteiger partial charge is 0.410 e. The van der Waals surface area contributed by atoms with Crippen LogP contribution in [0.1, 0.15) is 45.4 Å². The van der Waals surface area contributed by atoms with Crippen LogP contribution in [0.25, 0.3) is 11.0 Å². The fraction of sp³-hybridized carbons (Fsp3) is 0.529. The van der Waals surface area contributed by atoms with E-state index in [-0.39, 0.29) is 12.0 Å². The summed E-state index contributed by atoms with van der Waals surface area (Å²) in [7, 11) is 0. The minimum atomic E-state index is -0.455. The second-order valence-electron chi connectivity index (χ2n) is 6.90. The van der Waals surface area contributed by atoms with Crippen LogP contribution in [0.2, 0.25) is 0 Å². The lowest BCUT2D eigenvalue weighted by molar-refractivity contribution is 0.0196. The zero-order valence-corrected chi connectivity index (χ0v) is 13.4. The number of nitrogens with one attached hydrogen (secondary N) is 1. The first-order chi connectivity index (χ1) is 10.4. The molecule has 118 valence electrons. The maximum Gasteiger partial charge on any atom is 0.410 e. The topological polar surface area (TPSA) is 58.2 Å². The highest BCUT2D eigenvalue weighted by molar-refractivity contribution is 5.75. The van der Waals surface area contributed by atoms with Crippen LogP contribution in [-0.4, -0.2) is 39.7 Å². The van der Waals surface area contributed by atoms with Crippen LogP contribution in [0.15, 0.2) is 24.3 Å². The van der Waals surface area contributed by atoms with Gasteiger partial charge in [-0.25, -0.2) is 9.78 Å². The number of nitrogens with zero attached hydrogens (tertiary/aromatic N) is 2. The number of para-hydroxylation sites is 2. The van der Waals surface area contributed by atoms with Gasteiger partial charge in [-0.2, -0.15) is 0 Å². The van der Waals surface area contributed by atoms with Crippen molar-refractivity contribution in [2.24, 2.45) is 0 Å². The van der Waals surface area contributed by atoms with E-state index in [1.807, 2.05) is 45.0 Å². The first kappa shape index (κ1) is 14.9.